The third kappa shape index (κ3) is 7.12. The molecular formula is C29H37FN4O4. The monoisotopic (exact) mass is 524 g/mol. The Balaban J connectivity index is 1.87. The van der Waals surface area contributed by atoms with Crippen LogP contribution in [0.4, 0.5) is 10.1 Å². The summed E-state index contributed by atoms with van der Waals surface area (Å²) in [5.74, 6) is 0.484. The Labute approximate surface area is 223 Å². The zero-order valence-electron chi connectivity index (χ0n) is 22.9. The number of nitrogens with one attached hydrogen (secondary N) is 2. The van der Waals surface area contributed by atoms with E-state index in [0.29, 0.717) is 40.9 Å². The maximum Gasteiger partial charge on any atom is 0.272 e. The van der Waals surface area contributed by atoms with Gasteiger partial charge < -0.3 is 20.1 Å². The van der Waals surface area contributed by atoms with Crippen molar-refractivity contribution >= 4 is 17.5 Å². The van der Waals surface area contributed by atoms with Crippen LogP contribution in [0, 0.1) is 17.7 Å². The second-order valence-corrected chi connectivity index (χ2v) is 9.73. The molecule has 2 atom stereocenters. The number of benzene rings is 2. The van der Waals surface area contributed by atoms with Gasteiger partial charge in [0.25, 0.3) is 5.91 Å². The van der Waals surface area contributed by atoms with Gasteiger partial charge >= 0.3 is 0 Å². The minimum Gasteiger partial charge on any atom is -0.496 e. The van der Waals surface area contributed by atoms with Crippen LogP contribution < -0.4 is 20.1 Å². The van der Waals surface area contributed by atoms with Crippen LogP contribution >= 0.6 is 0 Å². The summed E-state index contributed by atoms with van der Waals surface area (Å²) < 4.78 is 26.2. The van der Waals surface area contributed by atoms with Gasteiger partial charge in [-0.3, -0.25) is 14.3 Å². The van der Waals surface area contributed by atoms with Crippen molar-refractivity contribution in [1.29, 1.82) is 0 Å². The average molecular weight is 525 g/mol. The van der Waals surface area contributed by atoms with E-state index in [9.17, 15) is 14.0 Å². The van der Waals surface area contributed by atoms with E-state index >= 15 is 0 Å². The van der Waals surface area contributed by atoms with Crippen LogP contribution in [0.15, 0.2) is 48.5 Å². The molecule has 0 aliphatic carbocycles. The standard InChI is InChI=1S/C29H37FN4O4/c1-7-19(4)17-34-24(28-25(37-5)9-8-10-26(28)38-6)15-23(33-34)29(36)32-22(18(2)3)16-27(35)31-21-13-11-20(30)12-14-21/h8-15,18-19,22H,7,16-17H2,1-6H3,(H,31,35)(H,32,36). The predicted molar refractivity (Wildman–Crippen MR) is 146 cm³/mol. The summed E-state index contributed by atoms with van der Waals surface area (Å²) in [5.41, 5.74) is 2.15. The molecule has 0 fully saturated rings. The van der Waals surface area contributed by atoms with Gasteiger partial charge in [0.1, 0.15) is 17.3 Å². The molecule has 0 radical (unpaired) electrons. The number of rotatable bonds is 12. The number of carbonyl (C=O) groups excluding carboxylic acids is 2. The van der Waals surface area contributed by atoms with E-state index < -0.39 is 6.04 Å². The van der Waals surface area contributed by atoms with E-state index in [4.69, 9.17) is 9.47 Å². The van der Waals surface area contributed by atoms with Crippen molar-refractivity contribution in [1.82, 2.24) is 15.1 Å². The molecule has 0 aliphatic heterocycles. The number of hydrogen-bond acceptors (Lipinski definition) is 5. The number of nitrogens with zero attached hydrogens (tertiary/aromatic N) is 2. The van der Waals surface area contributed by atoms with E-state index in [-0.39, 0.29) is 35.7 Å². The molecule has 0 saturated carbocycles. The Morgan fingerprint density at radius 1 is 1.03 bits per heavy atom. The van der Waals surface area contributed by atoms with Crippen LogP contribution in [0.2, 0.25) is 0 Å². The summed E-state index contributed by atoms with van der Waals surface area (Å²) in [6, 6.07) is 12.4. The molecule has 8 nitrogen and oxygen atoms in total. The van der Waals surface area contributed by atoms with E-state index in [1.807, 2.05) is 36.7 Å². The number of carbonyl (C=O) groups is 2. The Morgan fingerprint density at radius 2 is 1.66 bits per heavy atom. The van der Waals surface area contributed by atoms with Crippen molar-refractivity contribution in [3.63, 3.8) is 0 Å². The fourth-order valence-corrected chi connectivity index (χ4v) is 4.04. The lowest BCUT2D eigenvalue weighted by molar-refractivity contribution is -0.116. The maximum absolute atomic E-state index is 13.4. The quantitative estimate of drug-likeness (QED) is 0.325. The van der Waals surface area contributed by atoms with Gasteiger partial charge in [0.15, 0.2) is 5.69 Å². The molecule has 2 aromatic carbocycles. The van der Waals surface area contributed by atoms with Crippen LogP contribution in [0.5, 0.6) is 11.5 Å². The number of ether oxygens (including phenoxy) is 2. The second kappa shape index (κ2) is 13.1. The topological polar surface area (TPSA) is 94.5 Å². The normalized spacial score (nSPS) is 12.6. The largest absolute Gasteiger partial charge is 0.496 e. The minimum atomic E-state index is -0.438. The fourth-order valence-electron chi connectivity index (χ4n) is 4.04. The van der Waals surface area contributed by atoms with Gasteiger partial charge in [-0.15, -0.1) is 0 Å². The van der Waals surface area contributed by atoms with Crippen molar-refractivity contribution in [2.75, 3.05) is 19.5 Å². The molecule has 0 spiro atoms. The van der Waals surface area contributed by atoms with Gasteiger partial charge in [-0.05, 0) is 54.3 Å². The molecule has 2 unspecified atom stereocenters. The zero-order valence-corrected chi connectivity index (χ0v) is 22.9. The number of methoxy groups -OCH3 is 2. The van der Waals surface area contributed by atoms with E-state index in [2.05, 4.69) is 29.6 Å². The highest BCUT2D eigenvalue weighted by Crippen LogP contribution is 2.39. The summed E-state index contributed by atoms with van der Waals surface area (Å²) in [7, 11) is 3.18. The Hall–Kier alpha value is -3.88. The number of amides is 2. The van der Waals surface area contributed by atoms with E-state index in [0.717, 1.165) is 6.42 Å². The van der Waals surface area contributed by atoms with Crippen LogP contribution in [-0.2, 0) is 11.3 Å². The first-order valence-electron chi connectivity index (χ1n) is 12.8. The highest BCUT2D eigenvalue weighted by molar-refractivity contribution is 5.95. The molecule has 9 heteroatoms. The van der Waals surface area contributed by atoms with Crippen molar-refractivity contribution < 1.29 is 23.5 Å². The molecule has 2 amide bonds. The van der Waals surface area contributed by atoms with Gasteiger partial charge in [0, 0.05) is 24.7 Å². The van der Waals surface area contributed by atoms with Crippen LogP contribution in [-0.4, -0.2) is 41.9 Å². The SMILES string of the molecule is CCC(C)Cn1nc(C(=O)NC(CC(=O)Nc2ccc(F)cc2)C(C)C)cc1-c1c(OC)cccc1OC. The van der Waals surface area contributed by atoms with Gasteiger partial charge in [0.05, 0.1) is 25.5 Å². The predicted octanol–water partition coefficient (Wildman–Crippen LogP) is 5.54. The van der Waals surface area contributed by atoms with Gasteiger partial charge in [-0.1, -0.05) is 40.2 Å². The molecular weight excluding hydrogens is 487 g/mol. The molecule has 1 aromatic heterocycles. The molecule has 0 bridgehead atoms. The van der Waals surface area contributed by atoms with Gasteiger partial charge in [-0.25, -0.2) is 4.39 Å². The van der Waals surface area contributed by atoms with Gasteiger partial charge in [-0.2, -0.15) is 5.10 Å². The molecule has 3 rings (SSSR count). The lowest BCUT2D eigenvalue weighted by atomic mass is 10.00. The molecule has 1 heterocycles. The van der Waals surface area contributed by atoms with Crippen LogP contribution in [0.1, 0.15) is 51.0 Å². The number of anilines is 1. The number of halogens is 1. The van der Waals surface area contributed by atoms with E-state index in [1.54, 1.807) is 20.3 Å². The molecule has 2 N–H and O–H groups in total. The van der Waals surface area contributed by atoms with Crippen LogP contribution in [0.3, 0.4) is 0 Å². The average Bonchev–Trinajstić information content (AvgIpc) is 3.32. The molecule has 38 heavy (non-hydrogen) atoms. The number of aromatic nitrogens is 2. The third-order valence-electron chi connectivity index (χ3n) is 6.53. The Kier molecular flexibility index (Phi) is 9.87. The minimum absolute atomic E-state index is 0.0195. The van der Waals surface area contributed by atoms with Crippen molar-refractivity contribution in [2.45, 2.75) is 53.1 Å². The highest BCUT2D eigenvalue weighted by Gasteiger charge is 2.25. The molecule has 0 saturated heterocycles. The van der Waals surface area contributed by atoms with Crippen molar-refractivity contribution in [3.05, 3.63) is 60.0 Å². The summed E-state index contributed by atoms with van der Waals surface area (Å²) in [4.78, 5) is 26.0. The molecule has 3 aromatic rings. The van der Waals surface area contributed by atoms with Gasteiger partial charge in [0.2, 0.25) is 5.91 Å². The number of hydrogen-bond donors (Lipinski definition) is 2. The van der Waals surface area contributed by atoms with Crippen molar-refractivity contribution in [2.24, 2.45) is 11.8 Å². The third-order valence-corrected chi connectivity index (χ3v) is 6.53. The smallest absolute Gasteiger partial charge is 0.272 e. The molecule has 204 valence electrons. The Bertz CT molecular complexity index is 1220. The lowest BCUT2D eigenvalue weighted by Crippen LogP contribution is -2.41. The van der Waals surface area contributed by atoms with Crippen molar-refractivity contribution in [3.8, 4) is 22.8 Å². The Morgan fingerprint density at radius 3 is 2.21 bits per heavy atom. The summed E-state index contributed by atoms with van der Waals surface area (Å²) in [6.07, 6.45) is 1.00. The summed E-state index contributed by atoms with van der Waals surface area (Å²) >= 11 is 0. The second-order valence-electron chi connectivity index (χ2n) is 9.73. The summed E-state index contributed by atoms with van der Waals surface area (Å²) in [5, 5.41) is 10.4. The fraction of sp³-hybridized carbons (Fsp3) is 0.414. The van der Waals surface area contributed by atoms with Crippen LogP contribution in [0.25, 0.3) is 11.3 Å². The van der Waals surface area contributed by atoms with E-state index in [1.165, 1.54) is 24.3 Å². The zero-order chi connectivity index (χ0) is 27.8. The lowest BCUT2D eigenvalue weighted by Gasteiger charge is -2.21. The first kappa shape index (κ1) is 28.7. The summed E-state index contributed by atoms with van der Waals surface area (Å²) in [6.45, 7) is 8.70. The highest BCUT2D eigenvalue weighted by atomic mass is 19.1. The first-order chi connectivity index (χ1) is 18.2. The maximum atomic E-state index is 13.4. The molecule has 0 aliphatic rings. The first-order valence-corrected chi connectivity index (χ1v) is 12.8.